The third kappa shape index (κ3) is 5.14. The van der Waals surface area contributed by atoms with Gasteiger partial charge < -0.3 is 5.32 Å². The zero-order valence-corrected chi connectivity index (χ0v) is 18.8. The Kier molecular flexibility index (Phi) is 7.54. The van der Waals surface area contributed by atoms with E-state index in [-0.39, 0.29) is 35.6 Å². The molecule has 10 nitrogen and oxygen atoms in total. The number of pyridine rings is 1. The molecular weight excluding hydrogens is 410 g/mol. The van der Waals surface area contributed by atoms with E-state index in [1.807, 2.05) is 13.8 Å². The highest BCUT2D eigenvalue weighted by atomic mass is 32.2. The van der Waals surface area contributed by atoms with Gasteiger partial charge in [0, 0.05) is 31.9 Å². The summed E-state index contributed by atoms with van der Waals surface area (Å²) in [5, 5.41) is 2.80. The zero-order valence-electron chi connectivity index (χ0n) is 18.0. The van der Waals surface area contributed by atoms with Crippen molar-refractivity contribution in [2.75, 3.05) is 25.9 Å². The molecule has 2 aromatic rings. The number of hydrogen-bond donors (Lipinski definition) is 2. The Morgan fingerprint density at radius 1 is 1.30 bits per heavy atom. The molecule has 0 aliphatic heterocycles. The number of nitrogens with one attached hydrogen (secondary N) is 2. The summed E-state index contributed by atoms with van der Waals surface area (Å²) >= 11 is 0. The Hall–Kier alpha value is -2.53. The van der Waals surface area contributed by atoms with Gasteiger partial charge in [0.25, 0.3) is 11.5 Å². The first-order valence-electron chi connectivity index (χ1n) is 9.92. The van der Waals surface area contributed by atoms with Gasteiger partial charge in [0.1, 0.15) is 0 Å². The maximum atomic E-state index is 12.9. The first kappa shape index (κ1) is 23.7. The number of aromatic amines is 1. The fourth-order valence-corrected chi connectivity index (χ4v) is 4.10. The predicted octanol–water partition coefficient (Wildman–Crippen LogP) is 0.630. The summed E-state index contributed by atoms with van der Waals surface area (Å²) in [6.07, 6.45) is 1.56. The van der Waals surface area contributed by atoms with Crippen molar-refractivity contribution in [1.82, 2.24) is 24.2 Å². The van der Waals surface area contributed by atoms with E-state index in [1.165, 1.54) is 8.87 Å². The molecule has 0 bridgehead atoms. The third-order valence-electron chi connectivity index (χ3n) is 4.81. The number of H-pyrrole nitrogens is 1. The summed E-state index contributed by atoms with van der Waals surface area (Å²) in [5.41, 5.74) is -0.328. The molecule has 0 atom stereocenters. The van der Waals surface area contributed by atoms with E-state index in [0.717, 1.165) is 6.26 Å². The van der Waals surface area contributed by atoms with Crippen molar-refractivity contribution in [3.63, 3.8) is 0 Å². The number of carbonyl (C=O) groups is 1. The molecule has 0 unspecified atom stereocenters. The molecule has 0 aliphatic rings. The molecule has 2 aromatic heterocycles. The quantitative estimate of drug-likeness (QED) is 0.550. The molecule has 166 valence electrons. The van der Waals surface area contributed by atoms with Crippen LogP contribution in [-0.4, -0.2) is 59.1 Å². The second-order valence-corrected chi connectivity index (χ2v) is 9.30. The molecule has 0 saturated heterocycles. The van der Waals surface area contributed by atoms with Gasteiger partial charge in [-0.3, -0.25) is 19.1 Å². The number of amides is 1. The number of aryl methyl sites for hydroxylation is 1. The number of carbonyl (C=O) groups excluding carboxylic acids is 1. The third-order valence-corrected chi connectivity index (χ3v) is 6.19. The largest absolute Gasteiger partial charge is 0.352 e. The summed E-state index contributed by atoms with van der Waals surface area (Å²) in [5.74, 6) is -0.493. The van der Waals surface area contributed by atoms with E-state index in [4.69, 9.17) is 0 Å². The van der Waals surface area contributed by atoms with Crippen molar-refractivity contribution in [1.29, 1.82) is 0 Å². The SMILES string of the molecule is CCN(CCCNC(=O)c1cc(C(C)C)nc2c1c(=O)[nH]c(=O)n2CC)S(C)(=O)=O. The van der Waals surface area contributed by atoms with Gasteiger partial charge in [-0.2, -0.15) is 0 Å². The van der Waals surface area contributed by atoms with Gasteiger partial charge in [-0.25, -0.2) is 22.5 Å². The number of nitrogens with zero attached hydrogens (tertiary/aromatic N) is 3. The van der Waals surface area contributed by atoms with Crippen LogP contribution in [0.25, 0.3) is 11.0 Å². The average Bonchev–Trinajstić information content (AvgIpc) is 2.65. The van der Waals surface area contributed by atoms with E-state index >= 15 is 0 Å². The molecular formula is C19H29N5O5S. The van der Waals surface area contributed by atoms with Crippen LogP contribution in [0.3, 0.4) is 0 Å². The second kappa shape index (κ2) is 9.52. The Morgan fingerprint density at radius 3 is 2.50 bits per heavy atom. The lowest BCUT2D eigenvalue weighted by Gasteiger charge is -2.18. The summed E-state index contributed by atoms with van der Waals surface area (Å²) in [6, 6.07) is 1.57. The highest BCUT2D eigenvalue weighted by molar-refractivity contribution is 7.88. The molecule has 2 rings (SSSR count). The van der Waals surface area contributed by atoms with Gasteiger partial charge in [-0.1, -0.05) is 20.8 Å². The van der Waals surface area contributed by atoms with Crippen molar-refractivity contribution in [3.05, 3.63) is 38.2 Å². The van der Waals surface area contributed by atoms with Crippen LogP contribution in [-0.2, 0) is 16.6 Å². The summed E-state index contributed by atoms with van der Waals surface area (Å²) in [4.78, 5) is 44.2. The van der Waals surface area contributed by atoms with E-state index < -0.39 is 27.2 Å². The fraction of sp³-hybridized carbons (Fsp3) is 0.579. The first-order chi connectivity index (χ1) is 14.0. The summed E-state index contributed by atoms with van der Waals surface area (Å²) in [7, 11) is -3.29. The van der Waals surface area contributed by atoms with Crippen LogP contribution in [0.4, 0.5) is 0 Å². The number of hydrogen-bond acceptors (Lipinski definition) is 6. The second-order valence-electron chi connectivity index (χ2n) is 7.32. The van der Waals surface area contributed by atoms with Crippen LogP contribution in [0.15, 0.2) is 15.7 Å². The predicted molar refractivity (Wildman–Crippen MR) is 115 cm³/mol. The normalized spacial score (nSPS) is 12.1. The van der Waals surface area contributed by atoms with Gasteiger partial charge in [0.15, 0.2) is 5.65 Å². The first-order valence-corrected chi connectivity index (χ1v) is 11.8. The van der Waals surface area contributed by atoms with E-state index in [1.54, 1.807) is 19.9 Å². The topological polar surface area (TPSA) is 134 Å². The molecule has 0 aliphatic carbocycles. The van der Waals surface area contributed by atoms with Crippen LogP contribution < -0.4 is 16.6 Å². The molecule has 0 saturated carbocycles. The minimum absolute atomic E-state index is 0.0199. The maximum Gasteiger partial charge on any atom is 0.329 e. The minimum Gasteiger partial charge on any atom is -0.352 e. The Labute approximate surface area is 175 Å². The maximum absolute atomic E-state index is 12.9. The van der Waals surface area contributed by atoms with Crippen LogP contribution in [0.5, 0.6) is 0 Å². The lowest BCUT2D eigenvalue weighted by molar-refractivity contribution is 0.0954. The van der Waals surface area contributed by atoms with Gasteiger partial charge in [-0.05, 0) is 25.3 Å². The number of fused-ring (bicyclic) bond motifs is 1. The Morgan fingerprint density at radius 2 is 1.97 bits per heavy atom. The molecule has 30 heavy (non-hydrogen) atoms. The van der Waals surface area contributed by atoms with E-state index in [0.29, 0.717) is 25.2 Å². The Balaban J connectivity index is 2.37. The smallest absolute Gasteiger partial charge is 0.329 e. The summed E-state index contributed by atoms with van der Waals surface area (Å²) in [6.45, 7) is 8.46. The van der Waals surface area contributed by atoms with Gasteiger partial charge in [0.05, 0.1) is 17.2 Å². The number of sulfonamides is 1. The minimum atomic E-state index is -3.29. The molecule has 0 aromatic carbocycles. The molecule has 2 heterocycles. The molecule has 0 radical (unpaired) electrons. The van der Waals surface area contributed by atoms with E-state index in [9.17, 15) is 22.8 Å². The zero-order chi connectivity index (χ0) is 22.6. The highest BCUT2D eigenvalue weighted by Gasteiger charge is 2.20. The van der Waals surface area contributed by atoms with Crippen molar-refractivity contribution >= 4 is 27.0 Å². The molecule has 2 N–H and O–H groups in total. The van der Waals surface area contributed by atoms with Crippen molar-refractivity contribution in [3.8, 4) is 0 Å². The number of aromatic nitrogens is 3. The highest BCUT2D eigenvalue weighted by Crippen LogP contribution is 2.19. The lowest BCUT2D eigenvalue weighted by atomic mass is 10.0. The van der Waals surface area contributed by atoms with Crippen molar-refractivity contribution < 1.29 is 13.2 Å². The standard InChI is InChI=1S/C19H29N5O5S/c1-6-23(30(5,28)29)10-8-9-20-17(25)13-11-14(12(3)4)21-16-15(13)18(26)22-19(27)24(16)7-2/h11-12H,6-10H2,1-5H3,(H,20,25)(H,22,26,27). The average molecular weight is 440 g/mol. The summed E-state index contributed by atoms with van der Waals surface area (Å²) < 4.78 is 25.9. The van der Waals surface area contributed by atoms with Crippen molar-refractivity contribution in [2.24, 2.45) is 0 Å². The monoisotopic (exact) mass is 439 g/mol. The van der Waals surface area contributed by atoms with Crippen LogP contribution in [0.1, 0.15) is 56.1 Å². The molecule has 0 fully saturated rings. The number of rotatable bonds is 9. The van der Waals surface area contributed by atoms with Crippen molar-refractivity contribution in [2.45, 2.75) is 46.6 Å². The van der Waals surface area contributed by atoms with Gasteiger partial charge in [0.2, 0.25) is 10.0 Å². The van der Waals surface area contributed by atoms with Crippen LogP contribution >= 0.6 is 0 Å². The lowest BCUT2D eigenvalue weighted by Crippen LogP contribution is -2.35. The molecule has 0 spiro atoms. The van der Waals surface area contributed by atoms with Crippen LogP contribution in [0, 0.1) is 0 Å². The molecule has 11 heteroatoms. The van der Waals surface area contributed by atoms with Gasteiger partial charge >= 0.3 is 5.69 Å². The van der Waals surface area contributed by atoms with E-state index in [2.05, 4.69) is 15.3 Å². The Bertz CT molecular complexity index is 1150. The van der Waals surface area contributed by atoms with Gasteiger partial charge in [-0.15, -0.1) is 0 Å². The fourth-order valence-electron chi connectivity index (χ4n) is 3.17. The van der Waals surface area contributed by atoms with Crippen LogP contribution in [0.2, 0.25) is 0 Å². The molecule has 1 amide bonds.